The number of rotatable bonds is 4. The molecule has 25 heavy (non-hydrogen) atoms. The summed E-state index contributed by atoms with van der Waals surface area (Å²) >= 11 is 0. The number of benzene rings is 2. The van der Waals surface area contributed by atoms with Gasteiger partial charge in [-0.2, -0.15) is 0 Å². The maximum atomic E-state index is 12.6. The van der Waals surface area contributed by atoms with Crippen molar-refractivity contribution in [3.63, 3.8) is 0 Å². The highest BCUT2D eigenvalue weighted by molar-refractivity contribution is 5.92. The average Bonchev–Trinajstić information content (AvgIpc) is 2.58. The van der Waals surface area contributed by atoms with Crippen LogP contribution in [-0.4, -0.2) is 22.6 Å². The largest absolute Gasteiger partial charge is 0.495 e. The van der Waals surface area contributed by atoms with E-state index in [1.807, 2.05) is 32.0 Å². The fourth-order valence-corrected chi connectivity index (χ4v) is 2.65. The molecule has 0 aliphatic carbocycles. The number of aromatic nitrogens is 2. The standard InChI is InChI=1S/C19H19N3O3/c1-12-4-6-15-14(8-12)19(24)22(11-20-15)10-18(23)21-16-9-13(2)5-7-17(16)25-3/h4-9,11H,10H2,1-3H3,(H,21,23). The van der Waals surface area contributed by atoms with Crippen molar-refractivity contribution in [1.29, 1.82) is 0 Å². The third kappa shape index (κ3) is 3.52. The Kier molecular flexibility index (Phi) is 4.52. The van der Waals surface area contributed by atoms with Gasteiger partial charge < -0.3 is 10.1 Å². The fourth-order valence-electron chi connectivity index (χ4n) is 2.65. The molecule has 0 bridgehead atoms. The number of aryl methyl sites for hydroxylation is 2. The number of carbonyl (C=O) groups is 1. The highest BCUT2D eigenvalue weighted by atomic mass is 16.5. The Morgan fingerprint density at radius 3 is 2.64 bits per heavy atom. The molecule has 1 amide bonds. The van der Waals surface area contributed by atoms with E-state index in [9.17, 15) is 9.59 Å². The van der Waals surface area contributed by atoms with Crippen molar-refractivity contribution in [3.05, 3.63) is 64.2 Å². The van der Waals surface area contributed by atoms with Crippen molar-refractivity contribution >= 4 is 22.5 Å². The lowest BCUT2D eigenvalue weighted by Crippen LogP contribution is -2.28. The summed E-state index contributed by atoms with van der Waals surface area (Å²) in [7, 11) is 1.54. The molecular formula is C19H19N3O3. The predicted molar refractivity (Wildman–Crippen MR) is 97.1 cm³/mol. The van der Waals surface area contributed by atoms with Gasteiger partial charge in [-0.05, 0) is 43.7 Å². The molecule has 0 aliphatic heterocycles. The Balaban J connectivity index is 1.86. The number of nitrogens with one attached hydrogen (secondary N) is 1. The Bertz CT molecular complexity index is 1010. The summed E-state index contributed by atoms with van der Waals surface area (Å²) in [6, 6.07) is 11.0. The normalized spacial score (nSPS) is 10.7. The van der Waals surface area contributed by atoms with Crippen LogP contribution >= 0.6 is 0 Å². The first-order valence-corrected chi connectivity index (χ1v) is 7.88. The minimum atomic E-state index is -0.320. The number of nitrogens with zero attached hydrogens (tertiary/aromatic N) is 2. The van der Waals surface area contributed by atoms with Gasteiger partial charge in [0, 0.05) is 0 Å². The number of anilines is 1. The van der Waals surface area contributed by atoms with E-state index in [1.165, 1.54) is 10.9 Å². The summed E-state index contributed by atoms with van der Waals surface area (Å²) in [6.07, 6.45) is 1.40. The van der Waals surface area contributed by atoms with Crippen LogP contribution in [0.5, 0.6) is 5.75 Å². The van der Waals surface area contributed by atoms with Gasteiger partial charge in [-0.1, -0.05) is 17.7 Å². The summed E-state index contributed by atoms with van der Waals surface area (Å²) in [5.74, 6) is 0.248. The maximum Gasteiger partial charge on any atom is 0.261 e. The van der Waals surface area contributed by atoms with Crippen LogP contribution in [0.2, 0.25) is 0 Å². The predicted octanol–water partition coefficient (Wildman–Crippen LogP) is 2.66. The fraction of sp³-hybridized carbons (Fsp3) is 0.211. The van der Waals surface area contributed by atoms with E-state index in [0.29, 0.717) is 22.3 Å². The molecule has 0 fully saturated rings. The van der Waals surface area contributed by atoms with Gasteiger partial charge in [-0.3, -0.25) is 14.2 Å². The Morgan fingerprint density at radius 1 is 1.16 bits per heavy atom. The number of fused-ring (bicyclic) bond motifs is 1. The first-order valence-electron chi connectivity index (χ1n) is 7.88. The smallest absolute Gasteiger partial charge is 0.261 e. The Hall–Kier alpha value is -3.15. The number of ether oxygens (including phenoxy) is 1. The van der Waals surface area contributed by atoms with Crippen LogP contribution in [-0.2, 0) is 11.3 Å². The van der Waals surface area contributed by atoms with Gasteiger partial charge in [0.1, 0.15) is 12.3 Å². The highest BCUT2D eigenvalue weighted by Crippen LogP contribution is 2.25. The molecule has 2 aromatic carbocycles. The molecule has 1 N–H and O–H groups in total. The first kappa shape index (κ1) is 16.7. The zero-order valence-electron chi connectivity index (χ0n) is 14.4. The summed E-state index contributed by atoms with van der Waals surface area (Å²) in [6.45, 7) is 3.72. The number of amides is 1. The molecule has 0 unspecified atom stereocenters. The van der Waals surface area contributed by atoms with Crippen LogP contribution in [0.4, 0.5) is 5.69 Å². The lowest BCUT2D eigenvalue weighted by atomic mass is 10.2. The highest BCUT2D eigenvalue weighted by Gasteiger charge is 2.11. The molecule has 0 saturated heterocycles. The van der Waals surface area contributed by atoms with Crippen molar-refractivity contribution in [3.8, 4) is 5.75 Å². The van der Waals surface area contributed by atoms with E-state index in [2.05, 4.69) is 10.3 Å². The van der Waals surface area contributed by atoms with Crippen molar-refractivity contribution in [2.45, 2.75) is 20.4 Å². The van der Waals surface area contributed by atoms with E-state index in [0.717, 1.165) is 11.1 Å². The van der Waals surface area contributed by atoms with Crippen LogP contribution in [0.1, 0.15) is 11.1 Å². The minimum absolute atomic E-state index is 0.118. The molecule has 3 aromatic rings. The monoisotopic (exact) mass is 337 g/mol. The average molecular weight is 337 g/mol. The molecule has 6 heteroatoms. The summed E-state index contributed by atoms with van der Waals surface area (Å²) < 4.78 is 6.56. The SMILES string of the molecule is COc1ccc(C)cc1NC(=O)Cn1cnc2ccc(C)cc2c1=O. The van der Waals surface area contributed by atoms with Gasteiger partial charge in [0.15, 0.2) is 0 Å². The molecule has 0 atom stereocenters. The molecule has 3 rings (SSSR count). The second-order valence-corrected chi connectivity index (χ2v) is 5.95. The second-order valence-electron chi connectivity index (χ2n) is 5.95. The molecular weight excluding hydrogens is 318 g/mol. The number of hydrogen-bond acceptors (Lipinski definition) is 4. The van der Waals surface area contributed by atoms with Gasteiger partial charge in [-0.25, -0.2) is 4.98 Å². The molecule has 1 heterocycles. The third-order valence-electron chi connectivity index (χ3n) is 3.92. The molecule has 1 aromatic heterocycles. The summed E-state index contributed by atoms with van der Waals surface area (Å²) in [4.78, 5) is 29.2. The molecule has 0 spiro atoms. The lowest BCUT2D eigenvalue weighted by Gasteiger charge is -2.12. The summed E-state index contributed by atoms with van der Waals surface area (Å²) in [5, 5.41) is 3.29. The third-order valence-corrected chi connectivity index (χ3v) is 3.92. The van der Waals surface area contributed by atoms with E-state index >= 15 is 0 Å². The van der Waals surface area contributed by atoms with Gasteiger partial charge >= 0.3 is 0 Å². The van der Waals surface area contributed by atoms with E-state index in [-0.39, 0.29) is 18.0 Å². The van der Waals surface area contributed by atoms with Crippen LogP contribution in [0.25, 0.3) is 10.9 Å². The minimum Gasteiger partial charge on any atom is -0.495 e. The van der Waals surface area contributed by atoms with Crippen LogP contribution in [0, 0.1) is 13.8 Å². The Morgan fingerprint density at radius 2 is 1.88 bits per heavy atom. The molecule has 6 nitrogen and oxygen atoms in total. The molecule has 0 saturated carbocycles. The topological polar surface area (TPSA) is 73.2 Å². The van der Waals surface area contributed by atoms with Gasteiger partial charge in [0.05, 0.1) is 30.0 Å². The number of methoxy groups -OCH3 is 1. The first-order chi connectivity index (χ1) is 12.0. The van der Waals surface area contributed by atoms with E-state index in [1.54, 1.807) is 25.3 Å². The van der Waals surface area contributed by atoms with Crippen LogP contribution in [0.15, 0.2) is 47.5 Å². The van der Waals surface area contributed by atoms with Crippen molar-refractivity contribution < 1.29 is 9.53 Å². The quantitative estimate of drug-likeness (QED) is 0.794. The van der Waals surface area contributed by atoms with Gasteiger partial charge in [-0.15, -0.1) is 0 Å². The van der Waals surface area contributed by atoms with Crippen LogP contribution < -0.4 is 15.6 Å². The lowest BCUT2D eigenvalue weighted by molar-refractivity contribution is -0.116. The van der Waals surface area contributed by atoms with E-state index in [4.69, 9.17) is 4.74 Å². The Labute approximate surface area is 145 Å². The zero-order valence-corrected chi connectivity index (χ0v) is 14.4. The van der Waals surface area contributed by atoms with E-state index < -0.39 is 0 Å². The maximum absolute atomic E-state index is 12.6. The zero-order chi connectivity index (χ0) is 18.0. The number of carbonyl (C=O) groups excluding carboxylic acids is 1. The second kappa shape index (κ2) is 6.76. The van der Waals surface area contributed by atoms with Crippen molar-refractivity contribution in [2.75, 3.05) is 12.4 Å². The van der Waals surface area contributed by atoms with Gasteiger partial charge in [0.25, 0.3) is 5.56 Å². The molecule has 128 valence electrons. The van der Waals surface area contributed by atoms with Crippen molar-refractivity contribution in [1.82, 2.24) is 9.55 Å². The molecule has 0 radical (unpaired) electrons. The van der Waals surface area contributed by atoms with Crippen molar-refractivity contribution in [2.24, 2.45) is 0 Å². The summed E-state index contributed by atoms with van der Waals surface area (Å²) in [5.41, 5.74) is 2.92. The van der Waals surface area contributed by atoms with Gasteiger partial charge in [0.2, 0.25) is 5.91 Å². The van der Waals surface area contributed by atoms with Crippen LogP contribution in [0.3, 0.4) is 0 Å². The molecule has 0 aliphatic rings. The number of hydrogen-bond donors (Lipinski definition) is 1.